The average molecular weight is 329 g/mol. The summed E-state index contributed by atoms with van der Waals surface area (Å²) in [7, 11) is 2.12. The van der Waals surface area contributed by atoms with Crippen LogP contribution in [-0.4, -0.2) is 41.2 Å². The molecule has 130 valence electrons. The summed E-state index contributed by atoms with van der Waals surface area (Å²) in [5.41, 5.74) is -0.823. The minimum absolute atomic E-state index is 0.0382. The van der Waals surface area contributed by atoms with Gasteiger partial charge in [0.15, 0.2) is 5.60 Å². The van der Waals surface area contributed by atoms with Crippen LogP contribution in [0.15, 0.2) is 30.3 Å². The van der Waals surface area contributed by atoms with E-state index >= 15 is 0 Å². The molecule has 4 rings (SSSR count). The van der Waals surface area contributed by atoms with Crippen molar-refractivity contribution in [3.05, 3.63) is 35.9 Å². The maximum absolute atomic E-state index is 13.1. The average Bonchev–Trinajstić information content (AvgIpc) is 3.32. The number of likely N-dealkylation sites (N-methyl/N-ethyl adjacent to an activating group) is 1. The maximum Gasteiger partial charge on any atom is 0.343 e. The third-order valence-electron chi connectivity index (χ3n) is 6.56. The van der Waals surface area contributed by atoms with Crippen LogP contribution in [0, 0.1) is 5.92 Å². The molecule has 4 heteroatoms. The van der Waals surface area contributed by atoms with Gasteiger partial charge in [0.2, 0.25) is 0 Å². The molecule has 0 radical (unpaired) electrons. The Morgan fingerprint density at radius 2 is 1.88 bits per heavy atom. The monoisotopic (exact) mass is 329 g/mol. The molecule has 24 heavy (non-hydrogen) atoms. The van der Waals surface area contributed by atoms with E-state index in [4.69, 9.17) is 4.74 Å². The molecule has 4 atom stereocenters. The lowest BCUT2D eigenvalue weighted by Gasteiger charge is -2.34. The van der Waals surface area contributed by atoms with Crippen LogP contribution in [0.25, 0.3) is 0 Å². The highest BCUT2D eigenvalue weighted by atomic mass is 16.6. The largest absolute Gasteiger partial charge is 0.458 e. The molecule has 0 spiro atoms. The Kier molecular flexibility index (Phi) is 4.13. The zero-order chi connectivity index (χ0) is 16.7. The fourth-order valence-electron chi connectivity index (χ4n) is 5.11. The molecule has 1 aromatic carbocycles. The topological polar surface area (TPSA) is 49.8 Å². The molecule has 2 aliphatic heterocycles. The SMILES string of the molecule is CN1C2CC[C@H]1[C@@H](OC(=O)[C@](O)(c1ccccc1)C1CCCC1)C2. The molecule has 4 nitrogen and oxygen atoms in total. The summed E-state index contributed by atoms with van der Waals surface area (Å²) < 4.78 is 5.92. The van der Waals surface area contributed by atoms with Crippen LogP contribution in [0.3, 0.4) is 0 Å². The van der Waals surface area contributed by atoms with Gasteiger partial charge in [-0.15, -0.1) is 0 Å². The molecule has 1 saturated carbocycles. The number of nitrogens with zero attached hydrogens (tertiary/aromatic N) is 1. The van der Waals surface area contributed by atoms with Gasteiger partial charge in [-0.25, -0.2) is 4.79 Å². The quantitative estimate of drug-likeness (QED) is 0.863. The molecule has 1 aliphatic carbocycles. The highest BCUT2D eigenvalue weighted by Gasteiger charge is 2.52. The predicted octanol–water partition coefficient (Wildman–Crippen LogP) is 2.84. The number of hydrogen-bond acceptors (Lipinski definition) is 4. The van der Waals surface area contributed by atoms with E-state index < -0.39 is 11.6 Å². The summed E-state index contributed by atoms with van der Waals surface area (Å²) in [6, 6.07) is 10.2. The van der Waals surface area contributed by atoms with Gasteiger partial charge in [0.25, 0.3) is 0 Å². The molecule has 1 aromatic rings. The lowest BCUT2D eigenvalue weighted by Crippen LogP contribution is -2.46. The van der Waals surface area contributed by atoms with Crippen molar-refractivity contribution in [3.8, 4) is 0 Å². The van der Waals surface area contributed by atoms with Crippen molar-refractivity contribution in [2.24, 2.45) is 5.92 Å². The number of carbonyl (C=O) groups excluding carboxylic acids is 1. The van der Waals surface area contributed by atoms with Crippen LogP contribution in [0.4, 0.5) is 0 Å². The molecule has 3 fully saturated rings. The highest BCUT2D eigenvalue weighted by Crippen LogP contribution is 2.43. The van der Waals surface area contributed by atoms with Crippen LogP contribution in [-0.2, 0) is 15.1 Å². The van der Waals surface area contributed by atoms with Gasteiger partial charge in [0, 0.05) is 24.4 Å². The standard InChI is InChI=1S/C20H27NO3/c1-21-16-11-12-17(21)18(13-16)24-19(22)20(23,15-9-5-6-10-15)14-7-3-2-4-8-14/h2-4,7-8,15-18,23H,5-6,9-13H2,1H3/t16?,17-,18-,20-/m0/s1. The van der Waals surface area contributed by atoms with Crippen molar-refractivity contribution in [3.63, 3.8) is 0 Å². The molecule has 1 N–H and O–H groups in total. The summed E-state index contributed by atoms with van der Waals surface area (Å²) in [6.45, 7) is 0. The summed E-state index contributed by atoms with van der Waals surface area (Å²) in [5, 5.41) is 11.5. The number of esters is 1. The Bertz CT molecular complexity index is 598. The Balaban J connectivity index is 1.58. The third-order valence-corrected chi connectivity index (χ3v) is 6.56. The van der Waals surface area contributed by atoms with Gasteiger partial charge in [-0.05, 0) is 38.3 Å². The van der Waals surface area contributed by atoms with Crippen LogP contribution < -0.4 is 0 Å². The van der Waals surface area contributed by atoms with Crippen molar-refractivity contribution in [2.75, 3.05) is 7.05 Å². The molecular weight excluding hydrogens is 302 g/mol. The van der Waals surface area contributed by atoms with E-state index in [2.05, 4.69) is 11.9 Å². The second-order valence-electron chi connectivity index (χ2n) is 7.76. The lowest BCUT2D eigenvalue weighted by molar-refractivity contribution is -0.180. The minimum atomic E-state index is -1.50. The number of hydrogen-bond donors (Lipinski definition) is 1. The third kappa shape index (κ3) is 2.47. The Morgan fingerprint density at radius 3 is 2.46 bits per heavy atom. The van der Waals surface area contributed by atoms with E-state index in [1.165, 1.54) is 6.42 Å². The van der Waals surface area contributed by atoms with Gasteiger partial charge >= 0.3 is 5.97 Å². The summed E-state index contributed by atoms with van der Waals surface area (Å²) in [6.07, 6.45) is 7.04. The number of benzene rings is 1. The lowest BCUT2D eigenvalue weighted by atomic mass is 9.80. The number of aliphatic hydroxyl groups is 1. The number of fused-ring (bicyclic) bond motifs is 2. The van der Waals surface area contributed by atoms with Crippen molar-refractivity contribution < 1.29 is 14.6 Å². The molecule has 2 heterocycles. The van der Waals surface area contributed by atoms with E-state index in [9.17, 15) is 9.90 Å². The molecule has 2 bridgehead atoms. The van der Waals surface area contributed by atoms with Crippen LogP contribution in [0.5, 0.6) is 0 Å². The van der Waals surface area contributed by atoms with Gasteiger partial charge in [-0.2, -0.15) is 0 Å². The maximum atomic E-state index is 13.1. The normalized spacial score (nSPS) is 32.8. The smallest absolute Gasteiger partial charge is 0.343 e. The molecule has 0 aromatic heterocycles. The zero-order valence-electron chi connectivity index (χ0n) is 14.4. The highest BCUT2D eigenvalue weighted by molar-refractivity contribution is 5.82. The fourth-order valence-corrected chi connectivity index (χ4v) is 5.11. The molecule has 1 unspecified atom stereocenters. The molecular formula is C20H27NO3. The van der Waals surface area contributed by atoms with Gasteiger partial charge in [-0.3, -0.25) is 4.90 Å². The first-order chi connectivity index (χ1) is 11.6. The first-order valence-electron chi connectivity index (χ1n) is 9.31. The van der Waals surface area contributed by atoms with Gasteiger partial charge in [0.05, 0.1) is 0 Å². The summed E-state index contributed by atoms with van der Waals surface area (Å²) >= 11 is 0. The van der Waals surface area contributed by atoms with Crippen molar-refractivity contribution in [2.45, 2.75) is 68.7 Å². The Labute approximate surface area is 143 Å². The van der Waals surface area contributed by atoms with Crippen LogP contribution in [0.2, 0.25) is 0 Å². The van der Waals surface area contributed by atoms with E-state index in [-0.39, 0.29) is 12.0 Å². The first-order valence-corrected chi connectivity index (χ1v) is 9.31. The van der Waals surface area contributed by atoms with Crippen molar-refractivity contribution in [1.82, 2.24) is 4.90 Å². The van der Waals surface area contributed by atoms with Gasteiger partial charge < -0.3 is 9.84 Å². The number of carbonyl (C=O) groups is 1. The second-order valence-corrected chi connectivity index (χ2v) is 7.76. The molecule has 3 aliphatic rings. The van der Waals surface area contributed by atoms with E-state index in [1.54, 1.807) is 0 Å². The Morgan fingerprint density at radius 1 is 1.17 bits per heavy atom. The van der Waals surface area contributed by atoms with E-state index in [0.717, 1.165) is 38.5 Å². The summed E-state index contributed by atoms with van der Waals surface area (Å²) in [4.78, 5) is 15.4. The predicted molar refractivity (Wildman–Crippen MR) is 91.4 cm³/mol. The Hall–Kier alpha value is -1.39. The number of rotatable bonds is 4. The van der Waals surface area contributed by atoms with Gasteiger partial charge in [0.1, 0.15) is 6.10 Å². The fraction of sp³-hybridized carbons (Fsp3) is 0.650. The van der Waals surface area contributed by atoms with Gasteiger partial charge in [-0.1, -0.05) is 43.2 Å². The molecule has 0 amide bonds. The summed E-state index contributed by atoms with van der Waals surface area (Å²) in [5.74, 6) is -0.477. The molecule has 2 saturated heterocycles. The zero-order valence-corrected chi connectivity index (χ0v) is 14.4. The van der Waals surface area contributed by atoms with E-state index in [0.29, 0.717) is 17.6 Å². The van der Waals surface area contributed by atoms with Crippen LogP contribution >= 0.6 is 0 Å². The van der Waals surface area contributed by atoms with Crippen molar-refractivity contribution in [1.29, 1.82) is 0 Å². The second kappa shape index (κ2) is 6.16. The van der Waals surface area contributed by atoms with Crippen LogP contribution in [0.1, 0.15) is 50.5 Å². The van der Waals surface area contributed by atoms with Crippen molar-refractivity contribution >= 4 is 5.97 Å². The first kappa shape index (κ1) is 16.1. The van der Waals surface area contributed by atoms with E-state index in [1.807, 2.05) is 30.3 Å². The minimum Gasteiger partial charge on any atom is -0.458 e. The number of ether oxygens (including phenoxy) is 1.